The van der Waals surface area contributed by atoms with Crippen molar-refractivity contribution in [3.05, 3.63) is 29.5 Å². The predicted octanol–water partition coefficient (Wildman–Crippen LogP) is 2.10. The van der Waals surface area contributed by atoms with Crippen LogP contribution in [-0.2, 0) is 11.3 Å². The molecule has 0 saturated carbocycles. The lowest BCUT2D eigenvalue weighted by molar-refractivity contribution is 0.179. The highest BCUT2D eigenvalue weighted by molar-refractivity contribution is 7.13. The molecule has 6 nitrogen and oxygen atoms in total. The molecule has 0 aliphatic rings. The second-order valence-corrected chi connectivity index (χ2v) is 5.50. The minimum atomic E-state index is 0.181. The molecule has 2 aromatic rings. The Bertz CT molecular complexity index is 565. The largest absolute Gasteiger partial charge is 0.443 e. The van der Waals surface area contributed by atoms with Gasteiger partial charge in [-0.3, -0.25) is 4.99 Å². The Morgan fingerprint density at radius 1 is 1.57 bits per heavy atom. The summed E-state index contributed by atoms with van der Waals surface area (Å²) < 4.78 is 10.6. The highest BCUT2D eigenvalue weighted by Crippen LogP contribution is 2.23. The van der Waals surface area contributed by atoms with Crippen molar-refractivity contribution in [3.63, 3.8) is 0 Å². The van der Waals surface area contributed by atoms with Gasteiger partial charge in [0.25, 0.3) is 0 Å². The van der Waals surface area contributed by atoms with Crippen molar-refractivity contribution in [3.8, 4) is 10.8 Å². The SMILES string of the molecule is CN=C(NCc1coc(-c2cccs2)n1)NC(C)COC. The van der Waals surface area contributed by atoms with E-state index >= 15 is 0 Å². The minimum Gasteiger partial charge on any atom is -0.443 e. The first-order valence-electron chi connectivity index (χ1n) is 6.67. The van der Waals surface area contributed by atoms with Gasteiger partial charge in [0.15, 0.2) is 5.96 Å². The summed E-state index contributed by atoms with van der Waals surface area (Å²) in [7, 11) is 3.41. The molecular weight excluding hydrogens is 288 g/mol. The summed E-state index contributed by atoms with van der Waals surface area (Å²) in [5.41, 5.74) is 0.834. The number of nitrogens with zero attached hydrogens (tertiary/aromatic N) is 2. The number of nitrogens with one attached hydrogen (secondary N) is 2. The number of hydrogen-bond donors (Lipinski definition) is 2. The van der Waals surface area contributed by atoms with Gasteiger partial charge in [-0.25, -0.2) is 4.98 Å². The predicted molar refractivity (Wildman–Crippen MR) is 84.5 cm³/mol. The monoisotopic (exact) mass is 308 g/mol. The minimum absolute atomic E-state index is 0.181. The van der Waals surface area contributed by atoms with Crippen molar-refractivity contribution in [2.45, 2.75) is 19.5 Å². The summed E-state index contributed by atoms with van der Waals surface area (Å²) in [5, 5.41) is 8.43. The fourth-order valence-corrected chi connectivity index (χ4v) is 2.45. The van der Waals surface area contributed by atoms with Crippen LogP contribution in [0.2, 0.25) is 0 Å². The highest BCUT2D eigenvalue weighted by Gasteiger charge is 2.09. The number of thiophene rings is 1. The quantitative estimate of drug-likeness (QED) is 0.631. The fourth-order valence-electron chi connectivity index (χ4n) is 1.80. The third-order valence-corrected chi connectivity index (χ3v) is 3.60. The number of aromatic nitrogens is 1. The molecule has 0 saturated heterocycles. The molecule has 0 fully saturated rings. The Kier molecular flexibility index (Phi) is 5.77. The van der Waals surface area contributed by atoms with E-state index in [1.54, 1.807) is 31.8 Å². The Morgan fingerprint density at radius 3 is 3.10 bits per heavy atom. The molecule has 1 unspecified atom stereocenters. The first kappa shape index (κ1) is 15.5. The van der Waals surface area contributed by atoms with E-state index in [-0.39, 0.29) is 6.04 Å². The molecule has 2 heterocycles. The zero-order chi connectivity index (χ0) is 15.1. The molecule has 7 heteroatoms. The lowest BCUT2D eigenvalue weighted by Gasteiger charge is -2.16. The van der Waals surface area contributed by atoms with Gasteiger partial charge in [0.05, 0.1) is 23.7 Å². The number of oxazole rings is 1. The standard InChI is InChI=1S/C14H20N4O2S/c1-10(8-19-3)17-14(15-2)16-7-11-9-20-13(18-11)12-5-4-6-21-12/h4-6,9-10H,7-8H2,1-3H3,(H2,15,16,17). The molecule has 0 radical (unpaired) electrons. The third kappa shape index (κ3) is 4.57. The normalized spacial score (nSPS) is 13.2. The Labute approximate surface area is 128 Å². The summed E-state index contributed by atoms with van der Waals surface area (Å²) in [6.45, 7) is 3.20. The van der Waals surface area contributed by atoms with E-state index in [1.807, 2.05) is 24.4 Å². The number of hydrogen-bond acceptors (Lipinski definition) is 5. The smallest absolute Gasteiger partial charge is 0.236 e. The summed E-state index contributed by atoms with van der Waals surface area (Å²) in [5.74, 6) is 1.36. The van der Waals surface area contributed by atoms with Crippen LogP contribution in [0.3, 0.4) is 0 Å². The number of methoxy groups -OCH3 is 1. The van der Waals surface area contributed by atoms with Gasteiger partial charge < -0.3 is 19.8 Å². The molecule has 1 atom stereocenters. The van der Waals surface area contributed by atoms with E-state index in [0.29, 0.717) is 25.0 Å². The van der Waals surface area contributed by atoms with E-state index in [9.17, 15) is 0 Å². The number of aliphatic imine (C=N–C) groups is 1. The van der Waals surface area contributed by atoms with Crippen LogP contribution in [0.25, 0.3) is 10.8 Å². The number of ether oxygens (including phenoxy) is 1. The van der Waals surface area contributed by atoms with Gasteiger partial charge in [-0.1, -0.05) is 6.07 Å². The van der Waals surface area contributed by atoms with E-state index in [0.717, 1.165) is 10.6 Å². The molecule has 0 aromatic carbocycles. The number of rotatable bonds is 6. The lowest BCUT2D eigenvalue weighted by Crippen LogP contribution is -2.43. The van der Waals surface area contributed by atoms with Gasteiger partial charge >= 0.3 is 0 Å². The van der Waals surface area contributed by atoms with Crippen LogP contribution in [0.4, 0.5) is 0 Å². The van der Waals surface area contributed by atoms with E-state index < -0.39 is 0 Å². The Balaban J connectivity index is 1.87. The number of guanidine groups is 1. The molecule has 0 aliphatic heterocycles. The fraction of sp³-hybridized carbons (Fsp3) is 0.429. The Morgan fingerprint density at radius 2 is 2.43 bits per heavy atom. The molecule has 2 rings (SSSR count). The van der Waals surface area contributed by atoms with Gasteiger partial charge in [-0.2, -0.15) is 0 Å². The summed E-state index contributed by atoms with van der Waals surface area (Å²) in [6.07, 6.45) is 1.66. The molecule has 0 spiro atoms. The van der Waals surface area contributed by atoms with E-state index in [1.165, 1.54) is 0 Å². The third-order valence-electron chi connectivity index (χ3n) is 2.74. The van der Waals surface area contributed by atoms with Gasteiger partial charge in [-0.05, 0) is 18.4 Å². The Hall–Kier alpha value is -1.86. The maximum Gasteiger partial charge on any atom is 0.236 e. The van der Waals surface area contributed by atoms with Crippen LogP contribution in [0, 0.1) is 0 Å². The molecule has 2 N–H and O–H groups in total. The van der Waals surface area contributed by atoms with Crippen molar-refractivity contribution in [1.82, 2.24) is 15.6 Å². The van der Waals surface area contributed by atoms with Crippen molar-refractivity contribution in [2.24, 2.45) is 4.99 Å². The van der Waals surface area contributed by atoms with Crippen molar-refractivity contribution >= 4 is 17.3 Å². The molecule has 2 aromatic heterocycles. The van der Waals surface area contributed by atoms with Crippen molar-refractivity contribution < 1.29 is 9.15 Å². The molecule has 114 valence electrons. The molecule has 21 heavy (non-hydrogen) atoms. The van der Waals surface area contributed by atoms with Crippen LogP contribution in [0.15, 0.2) is 33.2 Å². The van der Waals surface area contributed by atoms with E-state index in [4.69, 9.17) is 9.15 Å². The molecular formula is C14H20N4O2S. The lowest BCUT2D eigenvalue weighted by atomic mass is 10.4. The average molecular weight is 308 g/mol. The maximum atomic E-state index is 5.47. The second kappa shape index (κ2) is 7.80. The van der Waals surface area contributed by atoms with Crippen LogP contribution < -0.4 is 10.6 Å². The second-order valence-electron chi connectivity index (χ2n) is 4.55. The maximum absolute atomic E-state index is 5.47. The molecule has 0 aliphatic carbocycles. The van der Waals surface area contributed by atoms with Crippen LogP contribution in [0.5, 0.6) is 0 Å². The van der Waals surface area contributed by atoms with Gasteiger partial charge in [0.1, 0.15) is 6.26 Å². The first-order valence-corrected chi connectivity index (χ1v) is 7.55. The molecule has 0 amide bonds. The van der Waals surface area contributed by atoms with Crippen LogP contribution in [0.1, 0.15) is 12.6 Å². The van der Waals surface area contributed by atoms with Gasteiger partial charge in [0.2, 0.25) is 5.89 Å². The van der Waals surface area contributed by atoms with Crippen LogP contribution in [-0.4, -0.2) is 37.7 Å². The van der Waals surface area contributed by atoms with Crippen LogP contribution >= 0.6 is 11.3 Å². The highest BCUT2D eigenvalue weighted by atomic mass is 32.1. The summed E-state index contributed by atoms with van der Waals surface area (Å²) in [4.78, 5) is 9.64. The zero-order valence-corrected chi connectivity index (χ0v) is 13.2. The summed E-state index contributed by atoms with van der Waals surface area (Å²) in [6, 6.07) is 4.14. The van der Waals surface area contributed by atoms with Crippen molar-refractivity contribution in [1.29, 1.82) is 0 Å². The summed E-state index contributed by atoms with van der Waals surface area (Å²) >= 11 is 1.61. The zero-order valence-electron chi connectivity index (χ0n) is 12.4. The van der Waals surface area contributed by atoms with Gasteiger partial charge in [-0.15, -0.1) is 11.3 Å². The first-order chi connectivity index (χ1) is 10.2. The molecule has 0 bridgehead atoms. The van der Waals surface area contributed by atoms with Crippen molar-refractivity contribution in [2.75, 3.05) is 20.8 Å². The van der Waals surface area contributed by atoms with Gasteiger partial charge in [0, 0.05) is 20.2 Å². The topological polar surface area (TPSA) is 71.7 Å². The average Bonchev–Trinajstić information content (AvgIpc) is 3.14. The van der Waals surface area contributed by atoms with E-state index in [2.05, 4.69) is 20.6 Å².